The van der Waals surface area contributed by atoms with E-state index in [1.165, 1.54) is 24.3 Å². The number of hydrogen-bond acceptors (Lipinski definition) is 5. The zero-order valence-electron chi connectivity index (χ0n) is 14.9. The van der Waals surface area contributed by atoms with Crippen molar-refractivity contribution in [3.63, 3.8) is 0 Å². The Morgan fingerprint density at radius 1 is 1.14 bits per heavy atom. The Hall–Kier alpha value is -3.75. The minimum atomic E-state index is -3.04. The van der Waals surface area contributed by atoms with Crippen molar-refractivity contribution in [3.8, 4) is 11.5 Å². The predicted octanol–water partition coefficient (Wildman–Crippen LogP) is 3.31. The Kier molecular flexibility index (Phi) is 5.87. The average Bonchev–Trinajstić information content (AvgIpc) is 3.11. The van der Waals surface area contributed by atoms with Gasteiger partial charge in [-0.05, 0) is 18.2 Å². The lowest BCUT2D eigenvalue weighted by Gasteiger charge is -2.21. The van der Waals surface area contributed by atoms with Crippen molar-refractivity contribution >= 4 is 17.6 Å². The average molecular weight is 402 g/mol. The van der Waals surface area contributed by atoms with Crippen molar-refractivity contribution < 1.29 is 33.3 Å². The highest BCUT2D eigenvalue weighted by Gasteiger charge is 2.34. The highest BCUT2D eigenvalue weighted by molar-refractivity contribution is 6.06. The van der Waals surface area contributed by atoms with Crippen molar-refractivity contribution in [2.24, 2.45) is 5.10 Å². The monoisotopic (exact) mass is 402 g/mol. The van der Waals surface area contributed by atoms with Crippen LogP contribution in [0.3, 0.4) is 0 Å². The van der Waals surface area contributed by atoms with Crippen LogP contribution in [0.5, 0.6) is 11.5 Å². The van der Waals surface area contributed by atoms with Gasteiger partial charge >= 0.3 is 12.6 Å². The second kappa shape index (κ2) is 8.51. The molecular formula is C20H16F2N2O5. The lowest BCUT2D eigenvalue weighted by Crippen LogP contribution is -2.25. The molecular weight excluding hydrogens is 386 g/mol. The first-order valence-electron chi connectivity index (χ1n) is 8.50. The van der Waals surface area contributed by atoms with Crippen LogP contribution < -0.4 is 4.74 Å². The number of aromatic hydroxyl groups is 1. The van der Waals surface area contributed by atoms with Gasteiger partial charge in [-0.1, -0.05) is 30.3 Å². The number of amides is 1. The Morgan fingerprint density at radius 3 is 2.52 bits per heavy atom. The number of carbonyl (C=O) groups excluding carboxylic acids is 1. The normalized spacial score (nSPS) is 16.3. The number of carboxylic acid groups (broad SMARTS) is 1. The molecule has 0 saturated heterocycles. The van der Waals surface area contributed by atoms with Gasteiger partial charge in [0.05, 0.1) is 11.8 Å². The Morgan fingerprint density at radius 2 is 1.83 bits per heavy atom. The summed E-state index contributed by atoms with van der Waals surface area (Å²) in [5.41, 5.74) is 0.938. The topological polar surface area (TPSA) is 99.4 Å². The Labute approximate surface area is 164 Å². The van der Waals surface area contributed by atoms with Crippen molar-refractivity contribution in [3.05, 3.63) is 71.8 Å². The maximum atomic E-state index is 12.7. The van der Waals surface area contributed by atoms with Gasteiger partial charge in [0.1, 0.15) is 11.5 Å². The molecule has 0 fully saturated rings. The molecule has 1 amide bonds. The fourth-order valence-electron chi connectivity index (χ4n) is 3.01. The van der Waals surface area contributed by atoms with Gasteiger partial charge in [-0.25, -0.2) is 9.80 Å². The largest absolute Gasteiger partial charge is 0.508 e. The molecule has 0 bridgehead atoms. The SMILES string of the molecule is O=C(O)C=CC(=O)N1N=C(c2ccccc2OC(F)F)CC1c1ccccc1O. The van der Waals surface area contributed by atoms with Crippen molar-refractivity contribution in [1.29, 1.82) is 0 Å². The predicted molar refractivity (Wildman–Crippen MR) is 98.7 cm³/mol. The number of carboxylic acids is 1. The number of hydrazone groups is 1. The number of alkyl halides is 2. The van der Waals surface area contributed by atoms with Crippen LogP contribution >= 0.6 is 0 Å². The van der Waals surface area contributed by atoms with Crippen LogP contribution in [0.15, 0.2) is 65.8 Å². The third-order valence-electron chi connectivity index (χ3n) is 4.21. The quantitative estimate of drug-likeness (QED) is 0.723. The zero-order chi connectivity index (χ0) is 21.0. The molecule has 1 aliphatic rings. The third kappa shape index (κ3) is 4.57. The summed E-state index contributed by atoms with van der Waals surface area (Å²) in [6, 6.07) is 11.6. The van der Waals surface area contributed by atoms with E-state index < -0.39 is 24.5 Å². The van der Waals surface area contributed by atoms with Crippen molar-refractivity contribution in [2.75, 3.05) is 0 Å². The number of benzene rings is 2. The third-order valence-corrected chi connectivity index (χ3v) is 4.21. The van der Waals surface area contributed by atoms with Crippen LogP contribution in [-0.2, 0) is 9.59 Å². The van der Waals surface area contributed by atoms with E-state index in [0.717, 1.165) is 11.1 Å². The minimum Gasteiger partial charge on any atom is -0.508 e. The van der Waals surface area contributed by atoms with E-state index >= 15 is 0 Å². The molecule has 9 heteroatoms. The molecule has 0 saturated carbocycles. The molecule has 0 aromatic heterocycles. The highest BCUT2D eigenvalue weighted by atomic mass is 19.3. The summed E-state index contributed by atoms with van der Waals surface area (Å²) in [4.78, 5) is 23.3. The van der Waals surface area contributed by atoms with Crippen LogP contribution in [0.1, 0.15) is 23.6 Å². The second-order valence-corrected chi connectivity index (χ2v) is 6.05. The molecule has 2 aromatic rings. The van der Waals surface area contributed by atoms with E-state index in [1.54, 1.807) is 24.3 Å². The van der Waals surface area contributed by atoms with E-state index in [0.29, 0.717) is 11.6 Å². The molecule has 2 aromatic carbocycles. The fraction of sp³-hybridized carbons (Fsp3) is 0.150. The van der Waals surface area contributed by atoms with Crippen LogP contribution in [0, 0.1) is 0 Å². The van der Waals surface area contributed by atoms with Gasteiger partial charge in [-0.2, -0.15) is 13.9 Å². The molecule has 1 atom stereocenters. The van der Waals surface area contributed by atoms with Gasteiger partial charge in [0.2, 0.25) is 0 Å². The number of hydrogen-bond donors (Lipinski definition) is 2. The molecule has 0 aliphatic carbocycles. The summed E-state index contributed by atoms with van der Waals surface area (Å²) >= 11 is 0. The number of aliphatic carboxylic acids is 1. The van der Waals surface area contributed by atoms with Gasteiger partial charge in [0, 0.05) is 29.7 Å². The lowest BCUT2D eigenvalue weighted by atomic mass is 9.97. The first-order valence-corrected chi connectivity index (χ1v) is 8.50. The molecule has 0 spiro atoms. The van der Waals surface area contributed by atoms with E-state index in [4.69, 9.17) is 5.11 Å². The number of para-hydroxylation sites is 2. The maximum Gasteiger partial charge on any atom is 0.387 e. The number of carbonyl (C=O) groups is 2. The smallest absolute Gasteiger partial charge is 0.387 e. The van der Waals surface area contributed by atoms with Crippen LogP contribution in [-0.4, -0.2) is 39.4 Å². The van der Waals surface area contributed by atoms with Crippen LogP contribution in [0.2, 0.25) is 0 Å². The van der Waals surface area contributed by atoms with Gasteiger partial charge in [0.15, 0.2) is 0 Å². The first kappa shape index (κ1) is 20.0. The minimum absolute atomic E-state index is 0.0777. The number of rotatable bonds is 6. The molecule has 7 nitrogen and oxygen atoms in total. The molecule has 29 heavy (non-hydrogen) atoms. The molecule has 3 rings (SSSR count). The summed E-state index contributed by atoms with van der Waals surface area (Å²) < 4.78 is 30.0. The van der Waals surface area contributed by atoms with E-state index in [-0.39, 0.29) is 29.2 Å². The van der Waals surface area contributed by atoms with Crippen LogP contribution in [0.25, 0.3) is 0 Å². The molecule has 150 valence electrons. The van der Waals surface area contributed by atoms with E-state index in [2.05, 4.69) is 9.84 Å². The van der Waals surface area contributed by atoms with E-state index in [1.807, 2.05) is 0 Å². The van der Waals surface area contributed by atoms with E-state index in [9.17, 15) is 23.5 Å². The number of nitrogens with zero attached hydrogens (tertiary/aromatic N) is 2. The summed E-state index contributed by atoms with van der Waals surface area (Å²) in [5, 5.41) is 24.2. The number of phenols is 1. The van der Waals surface area contributed by atoms with Crippen molar-refractivity contribution in [2.45, 2.75) is 19.1 Å². The summed E-state index contributed by atoms with van der Waals surface area (Å²) in [6.45, 7) is -3.04. The summed E-state index contributed by atoms with van der Waals surface area (Å²) in [6.07, 6.45) is 1.61. The van der Waals surface area contributed by atoms with Crippen LogP contribution in [0.4, 0.5) is 8.78 Å². The maximum absolute atomic E-state index is 12.7. The Balaban J connectivity index is 2.02. The summed E-state index contributed by atoms with van der Waals surface area (Å²) in [5.74, 6) is -2.22. The molecule has 0 radical (unpaired) electrons. The molecule has 1 aliphatic heterocycles. The zero-order valence-corrected chi connectivity index (χ0v) is 14.9. The van der Waals surface area contributed by atoms with Gasteiger partial charge in [-0.15, -0.1) is 0 Å². The van der Waals surface area contributed by atoms with Gasteiger partial charge in [-0.3, -0.25) is 4.79 Å². The second-order valence-electron chi connectivity index (χ2n) is 6.05. The lowest BCUT2D eigenvalue weighted by molar-refractivity contribution is -0.132. The molecule has 2 N–H and O–H groups in total. The number of ether oxygens (including phenoxy) is 1. The Bertz CT molecular complexity index is 990. The molecule has 1 unspecified atom stereocenters. The highest BCUT2D eigenvalue weighted by Crippen LogP contribution is 2.38. The van der Waals surface area contributed by atoms with Crippen molar-refractivity contribution in [1.82, 2.24) is 5.01 Å². The fourth-order valence-corrected chi connectivity index (χ4v) is 3.01. The number of phenolic OH excluding ortho intramolecular Hbond substituents is 1. The first-order chi connectivity index (χ1) is 13.9. The number of halogens is 2. The summed E-state index contributed by atoms with van der Waals surface area (Å²) in [7, 11) is 0. The van der Waals surface area contributed by atoms with Gasteiger partial charge < -0.3 is 14.9 Å². The molecule has 1 heterocycles. The standard InChI is InChI=1S/C20H16F2N2O5/c21-20(22)29-17-8-4-2-5-12(17)14-11-15(13-6-1-3-7-16(13)25)24(23-14)18(26)9-10-19(27)28/h1-10,15,20,25H,11H2,(H,27,28). The van der Waals surface area contributed by atoms with Gasteiger partial charge in [0.25, 0.3) is 5.91 Å².